The highest BCUT2D eigenvalue weighted by atomic mass is 32.1. The van der Waals surface area contributed by atoms with Crippen LogP contribution >= 0.6 is 11.3 Å². The van der Waals surface area contributed by atoms with Crippen molar-refractivity contribution in [1.29, 1.82) is 0 Å². The lowest BCUT2D eigenvalue weighted by Gasteiger charge is -2.05. The molecule has 0 bridgehead atoms. The third-order valence-electron chi connectivity index (χ3n) is 2.57. The maximum absolute atomic E-state index is 12.1. The normalized spacial score (nSPS) is 10.0. The second kappa shape index (κ2) is 8.31. The van der Waals surface area contributed by atoms with E-state index in [1.54, 1.807) is 13.0 Å². The summed E-state index contributed by atoms with van der Waals surface area (Å²) in [5.41, 5.74) is 6.33. The second-order valence-electron chi connectivity index (χ2n) is 4.19. The van der Waals surface area contributed by atoms with Crippen LogP contribution in [-0.2, 0) is 4.74 Å². The Labute approximate surface area is 128 Å². The molecule has 21 heavy (non-hydrogen) atoms. The molecule has 1 heterocycles. The summed E-state index contributed by atoms with van der Waals surface area (Å²) in [7, 11) is 0. The first-order valence-corrected chi connectivity index (χ1v) is 7.60. The first-order valence-electron chi connectivity index (χ1n) is 6.79. The number of hydrogen-bond acceptors (Lipinski definition) is 6. The van der Waals surface area contributed by atoms with E-state index in [-0.39, 0.29) is 23.8 Å². The van der Waals surface area contributed by atoms with Crippen LogP contribution in [0.4, 0.5) is 10.7 Å². The average molecular weight is 311 g/mol. The standard InChI is InChI=1S/C14H21N3O3S/c1-4-7-16-12(18)11-10(15)9(14(19)20-6-3)13(21-11)17-8-5-2/h5,17H,2,4,6-8,15H2,1,3H3,(H,16,18). The number of thiophene rings is 1. The van der Waals surface area contributed by atoms with Crippen molar-refractivity contribution < 1.29 is 14.3 Å². The van der Waals surface area contributed by atoms with Crippen molar-refractivity contribution >= 4 is 33.9 Å². The van der Waals surface area contributed by atoms with Gasteiger partial charge in [-0.05, 0) is 13.3 Å². The van der Waals surface area contributed by atoms with Gasteiger partial charge < -0.3 is 21.1 Å². The zero-order chi connectivity index (χ0) is 15.8. The van der Waals surface area contributed by atoms with Crippen LogP contribution in [-0.4, -0.2) is 31.6 Å². The Hall–Kier alpha value is -2.02. The number of ether oxygens (including phenoxy) is 1. The summed E-state index contributed by atoms with van der Waals surface area (Å²) in [6, 6.07) is 0. The molecule has 0 radical (unpaired) electrons. The molecule has 1 rings (SSSR count). The maximum atomic E-state index is 12.1. The van der Waals surface area contributed by atoms with Crippen molar-refractivity contribution in [3.05, 3.63) is 23.1 Å². The Kier molecular flexibility index (Phi) is 6.74. The minimum absolute atomic E-state index is 0.151. The van der Waals surface area contributed by atoms with Gasteiger partial charge in [0.25, 0.3) is 5.91 Å². The summed E-state index contributed by atoms with van der Waals surface area (Å²) in [6.45, 7) is 8.54. The number of esters is 1. The number of carbonyl (C=O) groups excluding carboxylic acids is 2. The molecule has 0 saturated heterocycles. The molecule has 1 amide bonds. The monoisotopic (exact) mass is 311 g/mol. The molecule has 4 N–H and O–H groups in total. The molecule has 116 valence electrons. The third kappa shape index (κ3) is 4.22. The smallest absolute Gasteiger partial charge is 0.343 e. The molecule has 0 aromatic carbocycles. The number of rotatable bonds is 8. The van der Waals surface area contributed by atoms with Gasteiger partial charge in [0.05, 0.1) is 12.3 Å². The molecule has 0 unspecified atom stereocenters. The molecule has 0 saturated carbocycles. The number of nitrogen functional groups attached to an aromatic ring is 1. The number of carbonyl (C=O) groups is 2. The van der Waals surface area contributed by atoms with Gasteiger partial charge in [-0.15, -0.1) is 17.9 Å². The largest absolute Gasteiger partial charge is 0.462 e. The third-order valence-corrected chi connectivity index (χ3v) is 3.74. The van der Waals surface area contributed by atoms with Crippen LogP contribution in [0.15, 0.2) is 12.7 Å². The lowest BCUT2D eigenvalue weighted by Crippen LogP contribution is -2.24. The van der Waals surface area contributed by atoms with Crippen molar-refractivity contribution in [2.75, 3.05) is 30.7 Å². The highest BCUT2D eigenvalue weighted by Crippen LogP contribution is 2.36. The fourth-order valence-corrected chi connectivity index (χ4v) is 2.66. The molecule has 0 aliphatic rings. The van der Waals surface area contributed by atoms with Crippen molar-refractivity contribution in [3.63, 3.8) is 0 Å². The van der Waals surface area contributed by atoms with E-state index in [9.17, 15) is 9.59 Å². The van der Waals surface area contributed by atoms with Gasteiger partial charge in [-0.3, -0.25) is 4.79 Å². The lowest BCUT2D eigenvalue weighted by atomic mass is 10.2. The predicted octanol–water partition coefficient (Wildman–Crippen LogP) is 2.24. The summed E-state index contributed by atoms with van der Waals surface area (Å²) in [5.74, 6) is -0.816. The molecule has 0 atom stereocenters. The zero-order valence-electron chi connectivity index (χ0n) is 12.3. The Morgan fingerprint density at radius 3 is 2.71 bits per heavy atom. The van der Waals surface area contributed by atoms with Crippen molar-refractivity contribution in [1.82, 2.24) is 5.32 Å². The van der Waals surface area contributed by atoms with Crippen LogP contribution in [0.5, 0.6) is 0 Å². The molecule has 1 aromatic rings. The first-order chi connectivity index (χ1) is 10.1. The van der Waals surface area contributed by atoms with E-state index >= 15 is 0 Å². The van der Waals surface area contributed by atoms with E-state index in [2.05, 4.69) is 17.2 Å². The van der Waals surface area contributed by atoms with Gasteiger partial charge in [-0.2, -0.15) is 0 Å². The molecule has 0 aliphatic carbocycles. The molecular formula is C14H21N3O3S. The Bertz CT molecular complexity index is 526. The van der Waals surface area contributed by atoms with Crippen LogP contribution in [0, 0.1) is 0 Å². The predicted molar refractivity (Wildman–Crippen MR) is 86.0 cm³/mol. The fraction of sp³-hybridized carbons (Fsp3) is 0.429. The number of nitrogens with two attached hydrogens (primary N) is 1. The highest BCUT2D eigenvalue weighted by Gasteiger charge is 2.26. The summed E-state index contributed by atoms with van der Waals surface area (Å²) in [5, 5.41) is 6.28. The van der Waals surface area contributed by atoms with Gasteiger partial charge >= 0.3 is 5.97 Å². The van der Waals surface area contributed by atoms with Gasteiger partial charge in [0, 0.05) is 13.1 Å². The van der Waals surface area contributed by atoms with E-state index in [1.807, 2.05) is 6.92 Å². The van der Waals surface area contributed by atoms with Crippen LogP contribution in [0.25, 0.3) is 0 Å². The Balaban J connectivity index is 3.13. The lowest BCUT2D eigenvalue weighted by molar-refractivity contribution is 0.0529. The Morgan fingerprint density at radius 1 is 1.43 bits per heavy atom. The molecule has 0 spiro atoms. The molecule has 0 fully saturated rings. The van der Waals surface area contributed by atoms with Gasteiger partial charge in [-0.1, -0.05) is 13.0 Å². The quantitative estimate of drug-likeness (QED) is 0.506. The Morgan fingerprint density at radius 2 is 2.14 bits per heavy atom. The highest BCUT2D eigenvalue weighted by molar-refractivity contribution is 7.19. The van der Waals surface area contributed by atoms with Gasteiger partial charge in [-0.25, -0.2) is 4.79 Å². The average Bonchev–Trinajstić information content (AvgIpc) is 2.79. The number of anilines is 2. The molecule has 6 nitrogen and oxygen atoms in total. The van der Waals surface area contributed by atoms with E-state index in [0.717, 1.165) is 17.8 Å². The number of amides is 1. The summed E-state index contributed by atoms with van der Waals surface area (Å²) in [6.07, 6.45) is 2.48. The van der Waals surface area contributed by atoms with Crippen molar-refractivity contribution in [3.8, 4) is 0 Å². The van der Waals surface area contributed by atoms with Crippen LogP contribution < -0.4 is 16.4 Å². The zero-order valence-corrected chi connectivity index (χ0v) is 13.1. The first kappa shape index (κ1) is 17.0. The van der Waals surface area contributed by atoms with E-state index in [1.165, 1.54) is 0 Å². The van der Waals surface area contributed by atoms with E-state index in [4.69, 9.17) is 10.5 Å². The topological polar surface area (TPSA) is 93.5 Å². The van der Waals surface area contributed by atoms with E-state index in [0.29, 0.717) is 23.0 Å². The minimum Gasteiger partial charge on any atom is -0.462 e. The second-order valence-corrected chi connectivity index (χ2v) is 5.22. The SMILES string of the molecule is C=CCNc1sc(C(=O)NCCC)c(N)c1C(=O)OCC. The molecule has 0 aliphatic heterocycles. The molecular weight excluding hydrogens is 290 g/mol. The minimum atomic E-state index is -0.535. The van der Waals surface area contributed by atoms with Crippen molar-refractivity contribution in [2.45, 2.75) is 20.3 Å². The summed E-state index contributed by atoms with van der Waals surface area (Å²) < 4.78 is 4.99. The summed E-state index contributed by atoms with van der Waals surface area (Å²) in [4.78, 5) is 24.4. The fourth-order valence-electron chi connectivity index (χ4n) is 1.63. The van der Waals surface area contributed by atoms with Crippen LogP contribution in [0.2, 0.25) is 0 Å². The van der Waals surface area contributed by atoms with Crippen LogP contribution in [0.1, 0.15) is 40.3 Å². The summed E-state index contributed by atoms with van der Waals surface area (Å²) >= 11 is 1.14. The van der Waals surface area contributed by atoms with Crippen molar-refractivity contribution in [2.24, 2.45) is 0 Å². The maximum Gasteiger partial charge on any atom is 0.343 e. The molecule has 7 heteroatoms. The van der Waals surface area contributed by atoms with Gasteiger partial charge in [0.15, 0.2) is 0 Å². The van der Waals surface area contributed by atoms with E-state index < -0.39 is 5.97 Å². The van der Waals surface area contributed by atoms with Gasteiger partial charge in [0.2, 0.25) is 0 Å². The number of hydrogen-bond donors (Lipinski definition) is 3. The van der Waals surface area contributed by atoms with Crippen LogP contribution in [0.3, 0.4) is 0 Å². The molecule has 1 aromatic heterocycles. The van der Waals surface area contributed by atoms with Gasteiger partial charge in [0.1, 0.15) is 15.4 Å². The number of nitrogens with one attached hydrogen (secondary N) is 2.